The van der Waals surface area contributed by atoms with Gasteiger partial charge in [0.05, 0.1) is 5.56 Å². The molecule has 1 fully saturated rings. The van der Waals surface area contributed by atoms with Crippen LogP contribution in [0.3, 0.4) is 0 Å². The molecule has 0 radical (unpaired) electrons. The number of nitrogens with one attached hydrogen (secondary N) is 2. The second kappa shape index (κ2) is 11.7. The van der Waals surface area contributed by atoms with E-state index in [1.807, 2.05) is 6.92 Å². The van der Waals surface area contributed by atoms with Crippen molar-refractivity contribution in [2.45, 2.75) is 32.4 Å². The van der Waals surface area contributed by atoms with Gasteiger partial charge in [0.25, 0.3) is 0 Å². The van der Waals surface area contributed by atoms with Crippen LogP contribution in [0.4, 0.5) is 13.2 Å². The molecule has 1 saturated heterocycles. The molecule has 1 aromatic rings. The first kappa shape index (κ1) is 24.0. The summed E-state index contributed by atoms with van der Waals surface area (Å²) >= 11 is 0. The number of piperidine rings is 1. The Balaban J connectivity index is 0.00000364. The molecule has 0 amide bonds. The molecule has 154 valence electrons. The van der Waals surface area contributed by atoms with E-state index in [1.54, 1.807) is 0 Å². The predicted molar refractivity (Wildman–Crippen MR) is 115 cm³/mol. The summed E-state index contributed by atoms with van der Waals surface area (Å²) in [4.78, 5) is 7.01. The van der Waals surface area contributed by atoms with Crippen LogP contribution < -0.4 is 10.6 Å². The lowest BCUT2D eigenvalue weighted by Gasteiger charge is -2.28. The fraction of sp³-hybridized carbons (Fsp3) is 0.632. The molecule has 1 unspecified atom stereocenters. The maximum Gasteiger partial charge on any atom is 0.416 e. The van der Waals surface area contributed by atoms with Crippen LogP contribution in [-0.2, 0) is 12.6 Å². The summed E-state index contributed by atoms with van der Waals surface area (Å²) in [6.45, 7) is 6.44. The highest BCUT2D eigenvalue weighted by atomic mass is 127. The molecule has 0 bridgehead atoms. The Kier molecular flexibility index (Phi) is 10.4. The number of guanidine groups is 1. The van der Waals surface area contributed by atoms with E-state index in [0.717, 1.165) is 49.8 Å². The van der Waals surface area contributed by atoms with E-state index in [-0.39, 0.29) is 24.0 Å². The summed E-state index contributed by atoms with van der Waals surface area (Å²) in [5.74, 6) is 1.35. The number of halogens is 4. The molecule has 2 N–H and O–H groups in total. The molecule has 1 atom stereocenters. The number of rotatable bonds is 6. The highest BCUT2D eigenvalue weighted by Crippen LogP contribution is 2.29. The Hall–Kier alpha value is -1.03. The van der Waals surface area contributed by atoms with Crippen molar-refractivity contribution >= 4 is 29.9 Å². The van der Waals surface area contributed by atoms with Gasteiger partial charge in [0.15, 0.2) is 5.96 Å². The predicted octanol–water partition coefficient (Wildman–Crippen LogP) is 3.76. The molecule has 1 aliphatic rings. The first-order valence-corrected chi connectivity index (χ1v) is 9.25. The van der Waals surface area contributed by atoms with Crippen LogP contribution in [0.5, 0.6) is 0 Å². The largest absolute Gasteiger partial charge is 0.416 e. The Morgan fingerprint density at radius 2 is 1.93 bits per heavy atom. The van der Waals surface area contributed by atoms with Gasteiger partial charge in [-0.05, 0) is 63.4 Å². The third-order valence-corrected chi connectivity index (χ3v) is 4.56. The first-order chi connectivity index (χ1) is 12.4. The van der Waals surface area contributed by atoms with Gasteiger partial charge in [0, 0.05) is 26.2 Å². The van der Waals surface area contributed by atoms with Gasteiger partial charge in [-0.2, -0.15) is 13.2 Å². The van der Waals surface area contributed by atoms with E-state index >= 15 is 0 Å². The number of benzene rings is 1. The number of hydrogen-bond acceptors (Lipinski definition) is 2. The standard InChI is InChI=1S/C19H29F3N4.HI/c1-3-23-18(25-13-16-5-4-12-26(2)14-16)24-11-10-15-6-8-17(9-7-15)19(20,21)22;/h6-9,16H,3-5,10-14H2,1-2H3,(H2,23,24,25);1H. The lowest BCUT2D eigenvalue weighted by Crippen LogP contribution is -2.39. The molecular formula is C19H30F3IN4. The Morgan fingerprint density at radius 1 is 1.22 bits per heavy atom. The molecule has 1 heterocycles. The number of hydrogen-bond donors (Lipinski definition) is 2. The fourth-order valence-corrected chi connectivity index (χ4v) is 3.17. The van der Waals surface area contributed by atoms with Crippen LogP contribution in [0, 0.1) is 5.92 Å². The van der Waals surface area contributed by atoms with E-state index in [9.17, 15) is 13.2 Å². The molecular weight excluding hydrogens is 468 g/mol. The second-order valence-corrected chi connectivity index (χ2v) is 6.86. The van der Waals surface area contributed by atoms with Crippen molar-refractivity contribution in [3.8, 4) is 0 Å². The first-order valence-electron chi connectivity index (χ1n) is 9.25. The van der Waals surface area contributed by atoms with E-state index in [0.29, 0.717) is 18.9 Å². The van der Waals surface area contributed by atoms with Crippen molar-refractivity contribution in [3.63, 3.8) is 0 Å². The Labute approximate surface area is 177 Å². The van der Waals surface area contributed by atoms with Crippen LogP contribution in [0.25, 0.3) is 0 Å². The van der Waals surface area contributed by atoms with Gasteiger partial charge in [0.2, 0.25) is 0 Å². The fourth-order valence-electron chi connectivity index (χ4n) is 3.17. The monoisotopic (exact) mass is 498 g/mol. The van der Waals surface area contributed by atoms with E-state index < -0.39 is 11.7 Å². The van der Waals surface area contributed by atoms with Crippen molar-refractivity contribution in [3.05, 3.63) is 35.4 Å². The average molecular weight is 498 g/mol. The van der Waals surface area contributed by atoms with Crippen LogP contribution in [0.15, 0.2) is 29.3 Å². The minimum absolute atomic E-state index is 0. The summed E-state index contributed by atoms with van der Waals surface area (Å²) in [5, 5.41) is 6.49. The summed E-state index contributed by atoms with van der Waals surface area (Å²) in [5.41, 5.74) is 0.261. The smallest absolute Gasteiger partial charge is 0.357 e. The van der Waals surface area contributed by atoms with Crippen LogP contribution in [0.2, 0.25) is 0 Å². The SMILES string of the molecule is CCNC(=NCC1CCCN(C)C1)NCCc1ccc(C(F)(F)F)cc1.I. The molecule has 0 aliphatic carbocycles. The third kappa shape index (κ3) is 8.68. The van der Waals surface area contributed by atoms with Crippen LogP contribution in [-0.4, -0.2) is 50.6 Å². The normalized spacial score (nSPS) is 18.7. The Morgan fingerprint density at radius 3 is 2.52 bits per heavy atom. The van der Waals surface area contributed by atoms with E-state index in [1.165, 1.54) is 25.0 Å². The zero-order chi connectivity index (χ0) is 19.0. The topological polar surface area (TPSA) is 39.7 Å². The molecule has 1 aromatic carbocycles. The van der Waals surface area contributed by atoms with Gasteiger partial charge < -0.3 is 15.5 Å². The van der Waals surface area contributed by atoms with E-state index in [4.69, 9.17) is 0 Å². The highest BCUT2D eigenvalue weighted by Gasteiger charge is 2.29. The molecule has 4 nitrogen and oxygen atoms in total. The average Bonchev–Trinajstić information content (AvgIpc) is 2.59. The number of likely N-dealkylation sites (tertiary alicyclic amines) is 1. The van der Waals surface area contributed by atoms with Gasteiger partial charge in [-0.25, -0.2) is 0 Å². The molecule has 2 rings (SSSR count). The van der Waals surface area contributed by atoms with Gasteiger partial charge >= 0.3 is 6.18 Å². The number of alkyl halides is 3. The zero-order valence-corrected chi connectivity index (χ0v) is 18.3. The lowest BCUT2D eigenvalue weighted by atomic mass is 9.99. The van der Waals surface area contributed by atoms with Crippen molar-refractivity contribution in [2.24, 2.45) is 10.9 Å². The van der Waals surface area contributed by atoms with Crippen molar-refractivity contribution in [1.82, 2.24) is 15.5 Å². The summed E-state index contributed by atoms with van der Waals surface area (Å²) in [6.07, 6.45) is -1.21. The highest BCUT2D eigenvalue weighted by molar-refractivity contribution is 14.0. The van der Waals surface area contributed by atoms with Gasteiger partial charge in [-0.1, -0.05) is 12.1 Å². The zero-order valence-electron chi connectivity index (χ0n) is 16.0. The van der Waals surface area contributed by atoms with Gasteiger partial charge in [-0.15, -0.1) is 24.0 Å². The summed E-state index contributed by atoms with van der Waals surface area (Å²) in [7, 11) is 2.14. The number of aliphatic imine (C=N–C) groups is 1. The van der Waals surface area contributed by atoms with Gasteiger partial charge in [0.1, 0.15) is 0 Å². The summed E-state index contributed by atoms with van der Waals surface area (Å²) < 4.78 is 37.8. The Bertz CT molecular complexity index is 575. The molecule has 0 aromatic heterocycles. The molecule has 27 heavy (non-hydrogen) atoms. The molecule has 0 spiro atoms. The van der Waals surface area contributed by atoms with Crippen molar-refractivity contribution in [1.29, 1.82) is 0 Å². The molecule has 0 saturated carbocycles. The third-order valence-electron chi connectivity index (χ3n) is 4.56. The maximum absolute atomic E-state index is 12.6. The number of nitrogens with zero attached hydrogens (tertiary/aromatic N) is 2. The summed E-state index contributed by atoms with van der Waals surface area (Å²) in [6, 6.07) is 5.33. The maximum atomic E-state index is 12.6. The van der Waals surface area contributed by atoms with Crippen molar-refractivity contribution in [2.75, 3.05) is 39.8 Å². The van der Waals surface area contributed by atoms with Crippen LogP contribution in [0.1, 0.15) is 30.9 Å². The minimum Gasteiger partial charge on any atom is -0.357 e. The minimum atomic E-state index is -4.28. The quantitative estimate of drug-likeness (QED) is 0.357. The van der Waals surface area contributed by atoms with Crippen LogP contribution >= 0.6 is 24.0 Å². The van der Waals surface area contributed by atoms with Gasteiger partial charge in [-0.3, -0.25) is 4.99 Å². The second-order valence-electron chi connectivity index (χ2n) is 6.86. The lowest BCUT2D eigenvalue weighted by molar-refractivity contribution is -0.137. The van der Waals surface area contributed by atoms with Crippen molar-refractivity contribution < 1.29 is 13.2 Å². The molecule has 8 heteroatoms. The molecule has 1 aliphatic heterocycles. The van der Waals surface area contributed by atoms with E-state index in [2.05, 4.69) is 27.6 Å².